The topological polar surface area (TPSA) is 77.1 Å². The minimum atomic E-state index is -0.155. The minimum absolute atomic E-state index is 0.0309. The second kappa shape index (κ2) is 6.31. The van der Waals surface area contributed by atoms with Crippen LogP contribution in [0.15, 0.2) is 23.0 Å². The molecule has 7 heteroatoms. The number of aromatic nitrogens is 4. The Balaban J connectivity index is 1.90. The molecule has 1 unspecified atom stereocenters. The molecule has 0 saturated heterocycles. The molecule has 0 aliphatic heterocycles. The first-order chi connectivity index (χ1) is 9.60. The standard InChI is InChI=1S/C13H19N5O2/c1-4-12-15-11(16-20-12)9-17(3)13(19)10(2)8-18-7-5-6-14-18/h5-7,10H,4,8-9H2,1-3H3. The first-order valence-electron chi connectivity index (χ1n) is 6.64. The van der Waals surface area contributed by atoms with Gasteiger partial charge >= 0.3 is 0 Å². The number of aryl methyl sites for hydroxylation is 1. The first-order valence-corrected chi connectivity index (χ1v) is 6.64. The highest BCUT2D eigenvalue weighted by Gasteiger charge is 2.19. The number of carbonyl (C=O) groups is 1. The van der Waals surface area contributed by atoms with E-state index in [0.717, 1.165) is 0 Å². The van der Waals surface area contributed by atoms with Gasteiger partial charge in [0.05, 0.1) is 19.0 Å². The summed E-state index contributed by atoms with van der Waals surface area (Å²) in [6.07, 6.45) is 4.24. The summed E-state index contributed by atoms with van der Waals surface area (Å²) in [5.41, 5.74) is 0. The highest BCUT2D eigenvalue weighted by Crippen LogP contribution is 2.07. The van der Waals surface area contributed by atoms with Crippen molar-refractivity contribution in [2.24, 2.45) is 5.92 Å². The van der Waals surface area contributed by atoms with Crippen molar-refractivity contribution in [1.29, 1.82) is 0 Å². The second-order valence-electron chi connectivity index (χ2n) is 4.78. The largest absolute Gasteiger partial charge is 0.339 e. The summed E-state index contributed by atoms with van der Waals surface area (Å²) in [5, 5.41) is 7.95. The molecule has 2 heterocycles. The van der Waals surface area contributed by atoms with Crippen molar-refractivity contribution in [2.45, 2.75) is 33.4 Å². The molecule has 2 aromatic heterocycles. The van der Waals surface area contributed by atoms with Crippen LogP contribution in [0, 0.1) is 5.92 Å². The van der Waals surface area contributed by atoms with Crippen molar-refractivity contribution >= 4 is 5.91 Å². The SMILES string of the molecule is CCc1nc(CN(C)C(=O)C(C)Cn2cccn2)no1. The normalized spacial score (nSPS) is 12.3. The molecule has 0 spiro atoms. The Morgan fingerprint density at radius 1 is 1.55 bits per heavy atom. The van der Waals surface area contributed by atoms with Crippen LogP contribution >= 0.6 is 0 Å². The monoisotopic (exact) mass is 277 g/mol. The molecule has 0 aliphatic carbocycles. The number of carbonyl (C=O) groups excluding carboxylic acids is 1. The quantitative estimate of drug-likeness (QED) is 0.791. The number of hydrogen-bond acceptors (Lipinski definition) is 5. The number of rotatable bonds is 6. The zero-order valence-electron chi connectivity index (χ0n) is 12.0. The molecule has 0 aliphatic rings. The Bertz CT molecular complexity index is 549. The molecule has 0 bridgehead atoms. The Hall–Kier alpha value is -2.18. The molecule has 1 atom stereocenters. The molecule has 2 rings (SSSR count). The highest BCUT2D eigenvalue weighted by molar-refractivity contribution is 5.78. The van der Waals surface area contributed by atoms with E-state index in [1.54, 1.807) is 22.8 Å². The molecule has 0 radical (unpaired) electrons. The molecule has 0 N–H and O–H groups in total. The van der Waals surface area contributed by atoms with Gasteiger partial charge in [-0.2, -0.15) is 10.1 Å². The van der Waals surface area contributed by atoms with Crippen LogP contribution in [-0.4, -0.2) is 37.8 Å². The van der Waals surface area contributed by atoms with E-state index >= 15 is 0 Å². The zero-order valence-corrected chi connectivity index (χ0v) is 12.0. The fourth-order valence-electron chi connectivity index (χ4n) is 1.93. The van der Waals surface area contributed by atoms with Gasteiger partial charge in [0, 0.05) is 25.9 Å². The van der Waals surface area contributed by atoms with Gasteiger partial charge in [-0.05, 0) is 6.07 Å². The summed E-state index contributed by atoms with van der Waals surface area (Å²) in [5.74, 6) is 0.996. The number of hydrogen-bond donors (Lipinski definition) is 0. The lowest BCUT2D eigenvalue weighted by Gasteiger charge is -2.19. The van der Waals surface area contributed by atoms with E-state index in [9.17, 15) is 4.79 Å². The number of amides is 1. The molecule has 20 heavy (non-hydrogen) atoms. The second-order valence-corrected chi connectivity index (χ2v) is 4.78. The van der Waals surface area contributed by atoms with Gasteiger partial charge in [-0.15, -0.1) is 0 Å². The van der Waals surface area contributed by atoms with E-state index < -0.39 is 0 Å². The third-order valence-electron chi connectivity index (χ3n) is 3.01. The third-order valence-corrected chi connectivity index (χ3v) is 3.01. The molecular formula is C13H19N5O2. The van der Waals surface area contributed by atoms with Crippen molar-refractivity contribution in [2.75, 3.05) is 7.05 Å². The fourth-order valence-corrected chi connectivity index (χ4v) is 1.93. The van der Waals surface area contributed by atoms with Crippen molar-refractivity contribution in [3.63, 3.8) is 0 Å². The highest BCUT2D eigenvalue weighted by atomic mass is 16.5. The predicted octanol–water partition coefficient (Wildman–Crippen LogP) is 1.12. The van der Waals surface area contributed by atoms with Gasteiger partial charge in [-0.25, -0.2) is 0 Å². The van der Waals surface area contributed by atoms with Gasteiger partial charge in [0.2, 0.25) is 11.8 Å². The van der Waals surface area contributed by atoms with Crippen LogP contribution in [0.1, 0.15) is 25.6 Å². The fraction of sp³-hybridized carbons (Fsp3) is 0.538. The number of nitrogens with zero attached hydrogens (tertiary/aromatic N) is 5. The molecule has 0 saturated carbocycles. The van der Waals surface area contributed by atoms with Crippen LogP contribution in [0.25, 0.3) is 0 Å². The van der Waals surface area contributed by atoms with Crippen LogP contribution in [0.5, 0.6) is 0 Å². The summed E-state index contributed by atoms with van der Waals surface area (Å²) >= 11 is 0. The van der Waals surface area contributed by atoms with Crippen molar-refractivity contribution in [3.8, 4) is 0 Å². The minimum Gasteiger partial charge on any atom is -0.339 e. The summed E-state index contributed by atoms with van der Waals surface area (Å²) in [6, 6.07) is 1.84. The summed E-state index contributed by atoms with van der Waals surface area (Å²) in [4.78, 5) is 18.1. The molecule has 7 nitrogen and oxygen atoms in total. The van der Waals surface area contributed by atoms with E-state index in [1.165, 1.54) is 0 Å². The summed E-state index contributed by atoms with van der Waals surface area (Å²) in [6.45, 7) is 4.74. The smallest absolute Gasteiger partial charge is 0.227 e. The Labute approximate surface area is 117 Å². The molecule has 108 valence electrons. The van der Waals surface area contributed by atoms with E-state index in [1.807, 2.05) is 26.1 Å². The molecule has 0 fully saturated rings. The van der Waals surface area contributed by atoms with Crippen LogP contribution in [0.4, 0.5) is 0 Å². The van der Waals surface area contributed by atoms with Crippen LogP contribution in [0.2, 0.25) is 0 Å². The van der Waals surface area contributed by atoms with Crippen molar-refractivity contribution in [3.05, 3.63) is 30.2 Å². The van der Waals surface area contributed by atoms with E-state index in [2.05, 4.69) is 15.2 Å². The van der Waals surface area contributed by atoms with Gasteiger partial charge in [0.1, 0.15) is 0 Å². The maximum Gasteiger partial charge on any atom is 0.227 e. The third kappa shape index (κ3) is 3.43. The van der Waals surface area contributed by atoms with Crippen LogP contribution in [0.3, 0.4) is 0 Å². The van der Waals surface area contributed by atoms with E-state index in [-0.39, 0.29) is 11.8 Å². The average Bonchev–Trinajstić information content (AvgIpc) is 3.09. The first kappa shape index (κ1) is 14.2. The van der Waals surface area contributed by atoms with Gasteiger partial charge in [0.15, 0.2) is 5.82 Å². The molecule has 0 aromatic carbocycles. The molecule has 2 aromatic rings. The Kier molecular flexibility index (Phi) is 4.49. The zero-order chi connectivity index (χ0) is 14.5. The van der Waals surface area contributed by atoms with Gasteiger partial charge < -0.3 is 9.42 Å². The molecular weight excluding hydrogens is 258 g/mol. The average molecular weight is 277 g/mol. The van der Waals surface area contributed by atoms with Crippen LogP contribution in [-0.2, 0) is 24.3 Å². The van der Waals surface area contributed by atoms with Crippen molar-refractivity contribution in [1.82, 2.24) is 24.8 Å². The van der Waals surface area contributed by atoms with Crippen molar-refractivity contribution < 1.29 is 9.32 Å². The van der Waals surface area contributed by atoms with E-state index in [4.69, 9.17) is 4.52 Å². The lowest BCUT2D eigenvalue weighted by Crippen LogP contribution is -2.33. The summed E-state index contributed by atoms with van der Waals surface area (Å²) in [7, 11) is 1.74. The predicted molar refractivity (Wildman–Crippen MR) is 71.5 cm³/mol. The lowest BCUT2D eigenvalue weighted by molar-refractivity contribution is -0.134. The Morgan fingerprint density at radius 3 is 2.95 bits per heavy atom. The van der Waals surface area contributed by atoms with Gasteiger partial charge in [-0.3, -0.25) is 9.48 Å². The summed E-state index contributed by atoms with van der Waals surface area (Å²) < 4.78 is 6.78. The lowest BCUT2D eigenvalue weighted by atomic mass is 10.1. The maximum absolute atomic E-state index is 12.2. The Morgan fingerprint density at radius 2 is 2.35 bits per heavy atom. The van der Waals surface area contributed by atoms with Crippen LogP contribution < -0.4 is 0 Å². The van der Waals surface area contributed by atoms with Gasteiger partial charge in [-0.1, -0.05) is 19.0 Å². The van der Waals surface area contributed by atoms with E-state index in [0.29, 0.717) is 31.2 Å². The van der Waals surface area contributed by atoms with Gasteiger partial charge in [0.25, 0.3) is 0 Å². The molecule has 1 amide bonds. The maximum atomic E-state index is 12.2.